The number of hydrogen-bond donors (Lipinski definition) is 0. The number of hydrogen-bond acceptors (Lipinski definition) is 5. The summed E-state index contributed by atoms with van der Waals surface area (Å²) in [5, 5.41) is 19.2. The van der Waals surface area contributed by atoms with Gasteiger partial charge in [0.05, 0.1) is 50.5 Å². The number of nitro groups is 1. The van der Waals surface area contributed by atoms with Crippen LogP contribution in [0.3, 0.4) is 0 Å². The van der Waals surface area contributed by atoms with E-state index in [0.29, 0.717) is 5.69 Å². The monoisotopic (exact) mass is 382 g/mol. The number of nitro benzene ring substituents is 1. The standard InChI is InChI=1S/C21H28N5O2/c1-6-13-24(14-15-26(3,4)5)20-11-12-21(17(2)16-20)23-22-18-7-9-19(10-8-18)25(27)28/h6-12,16H,1,13-15H2,2-5H3/q+1. The Morgan fingerprint density at radius 3 is 2.36 bits per heavy atom. The van der Waals surface area contributed by atoms with E-state index in [1.807, 2.05) is 25.1 Å². The van der Waals surface area contributed by atoms with Crippen LogP contribution in [-0.2, 0) is 0 Å². The van der Waals surface area contributed by atoms with Crippen LogP contribution in [0.5, 0.6) is 0 Å². The molecule has 0 fully saturated rings. The van der Waals surface area contributed by atoms with Gasteiger partial charge in [-0.1, -0.05) is 6.08 Å². The van der Waals surface area contributed by atoms with E-state index in [1.54, 1.807) is 12.1 Å². The van der Waals surface area contributed by atoms with E-state index in [9.17, 15) is 10.1 Å². The topological polar surface area (TPSA) is 71.1 Å². The Balaban J connectivity index is 2.15. The van der Waals surface area contributed by atoms with Crippen LogP contribution in [0.4, 0.5) is 22.7 Å². The molecule has 0 aliphatic carbocycles. The zero-order valence-electron chi connectivity index (χ0n) is 17.0. The zero-order chi connectivity index (χ0) is 20.7. The maximum absolute atomic E-state index is 10.7. The van der Waals surface area contributed by atoms with Crippen LogP contribution in [0.15, 0.2) is 65.3 Å². The Labute approximate surface area is 166 Å². The van der Waals surface area contributed by atoms with Crippen LogP contribution in [0.25, 0.3) is 0 Å². The van der Waals surface area contributed by atoms with Gasteiger partial charge in [0.2, 0.25) is 0 Å². The summed E-state index contributed by atoms with van der Waals surface area (Å²) >= 11 is 0. The molecule has 0 radical (unpaired) electrons. The molecule has 7 nitrogen and oxygen atoms in total. The molecule has 2 aromatic rings. The van der Waals surface area contributed by atoms with Gasteiger partial charge in [0.1, 0.15) is 0 Å². The van der Waals surface area contributed by atoms with E-state index in [-0.39, 0.29) is 5.69 Å². The molecule has 7 heteroatoms. The van der Waals surface area contributed by atoms with Gasteiger partial charge in [-0.2, -0.15) is 10.2 Å². The Morgan fingerprint density at radius 2 is 1.82 bits per heavy atom. The molecule has 28 heavy (non-hydrogen) atoms. The lowest BCUT2D eigenvalue weighted by atomic mass is 10.1. The van der Waals surface area contributed by atoms with Crippen molar-refractivity contribution in [2.75, 3.05) is 45.7 Å². The van der Waals surface area contributed by atoms with Gasteiger partial charge in [-0.25, -0.2) is 0 Å². The molecule has 0 heterocycles. The number of rotatable bonds is 9. The van der Waals surface area contributed by atoms with Gasteiger partial charge >= 0.3 is 0 Å². The molecule has 0 atom stereocenters. The van der Waals surface area contributed by atoms with Crippen molar-refractivity contribution in [1.82, 2.24) is 0 Å². The third-order valence-corrected chi connectivity index (χ3v) is 4.27. The predicted octanol–water partition coefficient (Wildman–Crippen LogP) is 5.02. The lowest BCUT2D eigenvalue weighted by Gasteiger charge is -2.30. The fourth-order valence-corrected chi connectivity index (χ4v) is 2.60. The first-order valence-electron chi connectivity index (χ1n) is 9.13. The summed E-state index contributed by atoms with van der Waals surface area (Å²) in [5.41, 5.74) is 3.52. The molecule has 2 aromatic carbocycles. The largest absolute Gasteiger partial charge is 0.362 e. The Kier molecular flexibility index (Phi) is 7.00. The number of benzene rings is 2. The maximum atomic E-state index is 10.7. The van der Waals surface area contributed by atoms with Crippen LogP contribution in [0.2, 0.25) is 0 Å². The van der Waals surface area contributed by atoms with Crippen molar-refractivity contribution >= 4 is 22.7 Å². The molecule has 148 valence electrons. The van der Waals surface area contributed by atoms with Crippen molar-refractivity contribution in [2.45, 2.75) is 6.92 Å². The fourth-order valence-electron chi connectivity index (χ4n) is 2.60. The molecule has 0 aliphatic heterocycles. The molecule has 0 bridgehead atoms. The average molecular weight is 382 g/mol. The fraction of sp³-hybridized carbons (Fsp3) is 0.333. The summed E-state index contributed by atoms with van der Waals surface area (Å²) in [5.74, 6) is 0. The van der Waals surface area contributed by atoms with Crippen LogP contribution in [0, 0.1) is 17.0 Å². The summed E-state index contributed by atoms with van der Waals surface area (Å²) in [4.78, 5) is 12.6. The highest BCUT2D eigenvalue weighted by atomic mass is 16.6. The van der Waals surface area contributed by atoms with Gasteiger partial charge in [-0.3, -0.25) is 10.1 Å². The Morgan fingerprint density at radius 1 is 1.14 bits per heavy atom. The lowest BCUT2D eigenvalue weighted by Crippen LogP contribution is -2.42. The third-order valence-electron chi connectivity index (χ3n) is 4.27. The average Bonchev–Trinajstić information content (AvgIpc) is 2.63. The van der Waals surface area contributed by atoms with E-state index >= 15 is 0 Å². The van der Waals surface area contributed by atoms with Crippen molar-refractivity contribution in [3.05, 3.63) is 70.8 Å². The molecule has 0 aliphatic rings. The highest BCUT2D eigenvalue weighted by Crippen LogP contribution is 2.27. The number of azo groups is 1. The summed E-state index contributed by atoms with van der Waals surface area (Å²) < 4.78 is 0.897. The molecule has 2 rings (SSSR count). The molecule has 0 spiro atoms. The molecular formula is C21H28N5O2+. The second-order valence-electron chi connectivity index (χ2n) is 7.69. The number of anilines is 1. The van der Waals surface area contributed by atoms with Crippen molar-refractivity contribution in [1.29, 1.82) is 0 Å². The number of nitrogens with zero attached hydrogens (tertiary/aromatic N) is 5. The lowest BCUT2D eigenvalue weighted by molar-refractivity contribution is -0.868. The number of quaternary nitrogens is 1. The first-order chi connectivity index (χ1) is 13.2. The molecule has 0 saturated heterocycles. The van der Waals surface area contributed by atoms with Gasteiger partial charge in [0, 0.05) is 24.4 Å². The summed E-state index contributed by atoms with van der Waals surface area (Å²) in [6.45, 7) is 8.60. The van der Waals surface area contributed by atoms with Crippen molar-refractivity contribution in [2.24, 2.45) is 10.2 Å². The van der Waals surface area contributed by atoms with Gasteiger partial charge in [0.15, 0.2) is 0 Å². The Hall–Kier alpha value is -3.06. The molecule has 0 aromatic heterocycles. The zero-order valence-corrected chi connectivity index (χ0v) is 17.0. The van der Waals surface area contributed by atoms with Crippen molar-refractivity contribution in [3.8, 4) is 0 Å². The van der Waals surface area contributed by atoms with Crippen LogP contribution < -0.4 is 4.90 Å². The number of likely N-dealkylation sites (N-methyl/N-ethyl adjacent to an activating group) is 1. The molecular weight excluding hydrogens is 354 g/mol. The highest BCUT2D eigenvalue weighted by Gasteiger charge is 2.12. The van der Waals surface area contributed by atoms with E-state index in [4.69, 9.17) is 0 Å². The Bertz CT molecular complexity index is 854. The first kappa shape index (κ1) is 21.2. The predicted molar refractivity (Wildman–Crippen MR) is 114 cm³/mol. The molecule has 0 saturated carbocycles. The highest BCUT2D eigenvalue weighted by molar-refractivity contribution is 5.58. The van der Waals surface area contributed by atoms with E-state index in [0.717, 1.165) is 41.1 Å². The second-order valence-corrected chi connectivity index (χ2v) is 7.69. The normalized spacial score (nSPS) is 11.6. The SMILES string of the molecule is C=CCN(CC[N+](C)(C)C)c1ccc(N=Nc2ccc([N+](=O)[O-])cc2)c(C)c1. The maximum Gasteiger partial charge on any atom is 0.269 e. The minimum atomic E-state index is -0.433. The summed E-state index contributed by atoms with van der Waals surface area (Å²) in [6.07, 6.45) is 1.91. The van der Waals surface area contributed by atoms with Crippen molar-refractivity contribution in [3.63, 3.8) is 0 Å². The van der Waals surface area contributed by atoms with Crippen LogP contribution in [-0.4, -0.2) is 50.2 Å². The van der Waals surface area contributed by atoms with Crippen molar-refractivity contribution < 1.29 is 9.41 Å². The van der Waals surface area contributed by atoms with Gasteiger partial charge < -0.3 is 9.38 Å². The minimum absolute atomic E-state index is 0.0377. The second kappa shape index (κ2) is 9.23. The number of aryl methyl sites for hydroxylation is 1. The van der Waals surface area contributed by atoms with Crippen LogP contribution in [0.1, 0.15) is 5.56 Å². The first-order valence-corrected chi connectivity index (χ1v) is 9.13. The third kappa shape index (κ3) is 6.28. The van der Waals surface area contributed by atoms with Gasteiger partial charge in [-0.15, -0.1) is 6.58 Å². The van der Waals surface area contributed by atoms with Gasteiger partial charge in [0.25, 0.3) is 5.69 Å². The quantitative estimate of drug-likeness (QED) is 0.201. The molecule has 0 unspecified atom stereocenters. The van der Waals surface area contributed by atoms with Gasteiger partial charge in [-0.05, 0) is 42.8 Å². The molecule has 0 amide bonds. The van der Waals surface area contributed by atoms with E-state index in [2.05, 4.69) is 48.9 Å². The summed E-state index contributed by atoms with van der Waals surface area (Å²) in [6, 6.07) is 12.1. The van der Waals surface area contributed by atoms with Crippen LogP contribution >= 0.6 is 0 Å². The van der Waals surface area contributed by atoms with E-state index in [1.165, 1.54) is 12.1 Å². The molecule has 0 N–H and O–H groups in total. The smallest absolute Gasteiger partial charge is 0.269 e. The number of non-ortho nitro benzene ring substituents is 1. The minimum Gasteiger partial charge on any atom is -0.362 e. The summed E-state index contributed by atoms with van der Waals surface area (Å²) in [7, 11) is 6.54. The van der Waals surface area contributed by atoms with E-state index < -0.39 is 4.92 Å².